The predicted octanol–water partition coefficient (Wildman–Crippen LogP) is 5.79. The molecule has 0 radical (unpaired) electrons. The number of nitrogens with zero attached hydrogens (tertiary/aromatic N) is 4. The Balaban J connectivity index is 0.000000941. The van der Waals surface area contributed by atoms with Crippen molar-refractivity contribution in [3.8, 4) is 0 Å². The topological polar surface area (TPSA) is 60.2 Å². The van der Waals surface area contributed by atoms with Crippen molar-refractivity contribution in [1.29, 1.82) is 0 Å². The number of hydrogen-bond acceptors (Lipinski definition) is 4. The molecule has 0 unspecified atom stereocenters. The van der Waals surface area contributed by atoms with Crippen LogP contribution in [0.4, 0.5) is 0 Å². The molecule has 3 aromatic rings. The van der Waals surface area contributed by atoms with E-state index in [4.69, 9.17) is 11.6 Å². The molecule has 29 heavy (non-hydrogen) atoms. The number of aromatic nitrogens is 4. The van der Waals surface area contributed by atoms with Gasteiger partial charge in [0.25, 0.3) is 0 Å². The summed E-state index contributed by atoms with van der Waals surface area (Å²) < 4.78 is 1.62. The SMILES string of the molecule is C=C(Cl)/C=C(\C=C/C)c1ccnc2c(C(=O)c3ccc(C)cn3)cnn12.CCC. The first kappa shape index (κ1) is 22.2. The Labute approximate surface area is 176 Å². The molecule has 0 N–H and O–H groups in total. The molecule has 0 aliphatic heterocycles. The molecule has 0 amide bonds. The number of carbonyl (C=O) groups excluding carboxylic acids is 1. The van der Waals surface area contributed by atoms with Crippen LogP contribution in [0, 0.1) is 6.92 Å². The minimum atomic E-state index is -0.219. The van der Waals surface area contributed by atoms with E-state index in [1.54, 1.807) is 29.1 Å². The molecule has 0 aromatic carbocycles. The zero-order chi connectivity index (χ0) is 21.4. The number of pyridine rings is 1. The third-order valence-electron chi connectivity index (χ3n) is 3.74. The van der Waals surface area contributed by atoms with Crippen molar-refractivity contribution in [2.45, 2.75) is 34.1 Å². The molecule has 0 bridgehead atoms. The second-order valence-corrected chi connectivity index (χ2v) is 6.91. The number of halogens is 1. The van der Waals surface area contributed by atoms with Gasteiger partial charge in [-0.15, -0.1) is 0 Å². The molecule has 3 heterocycles. The van der Waals surface area contributed by atoms with Crippen LogP contribution in [0.5, 0.6) is 0 Å². The van der Waals surface area contributed by atoms with Crippen molar-refractivity contribution in [3.05, 3.63) is 89.1 Å². The number of rotatable bonds is 5. The first-order chi connectivity index (χ1) is 13.9. The molecule has 0 aliphatic rings. The summed E-state index contributed by atoms with van der Waals surface area (Å²) in [6, 6.07) is 5.36. The smallest absolute Gasteiger partial charge is 0.216 e. The molecule has 0 atom stereocenters. The van der Waals surface area contributed by atoms with Crippen molar-refractivity contribution in [2.24, 2.45) is 0 Å². The lowest BCUT2D eigenvalue weighted by molar-refractivity contribution is 0.103. The summed E-state index contributed by atoms with van der Waals surface area (Å²) in [6.45, 7) is 11.8. The Morgan fingerprint density at radius 1 is 1.21 bits per heavy atom. The summed E-state index contributed by atoms with van der Waals surface area (Å²) in [7, 11) is 0. The maximum Gasteiger partial charge on any atom is 0.216 e. The van der Waals surface area contributed by atoms with Crippen LogP contribution in [0.3, 0.4) is 0 Å². The Morgan fingerprint density at radius 3 is 2.52 bits per heavy atom. The van der Waals surface area contributed by atoms with Gasteiger partial charge < -0.3 is 0 Å². The van der Waals surface area contributed by atoms with Gasteiger partial charge in [0.05, 0.1) is 17.5 Å². The molecule has 0 aliphatic carbocycles. The summed E-state index contributed by atoms with van der Waals surface area (Å²) in [4.78, 5) is 21.3. The second-order valence-electron chi connectivity index (χ2n) is 6.43. The fraction of sp³-hybridized carbons (Fsp3) is 0.217. The number of fused-ring (bicyclic) bond motifs is 1. The van der Waals surface area contributed by atoms with Gasteiger partial charge in [-0.3, -0.25) is 9.78 Å². The predicted molar refractivity (Wildman–Crippen MR) is 119 cm³/mol. The molecule has 0 saturated carbocycles. The Kier molecular flexibility index (Phi) is 8.04. The molecule has 6 heteroatoms. The van der Waals surface area contributed by atoms with Crippen molar-refractivity contribution in [1.82, 2.24) is 19.6 Å². The van der Waals surface area contributed by atoms with Crippen LogP contribution in [0.25, 0.3) is 11.2 Å². The van der Waals surface area contributed by atoms with Gasteiger partial charge in [-0.1, -0.05) is 56.7 Å². The normalized spacial score (nSPS) is 11.4. The number of carbonyl (C=O) groups is 1. The molecule has 3 rings (SSSR count). The summed E-state index contributed by atoms with van der Waals surface area (Å²) in [5.41, 5.74) is 3.78. The van der Waals surface area contributed by atoms with Crippen LogP contribution in [0.15, 0.2) is 66.6 Å². The van der Waals surface area contributed by atoms with E-state index in [1.165, 1.54) is 12.6 Å². The first-order valence-corrected chi connectivity index (χ1v) is 9.79. The Bertz CT molecular complexity index is 1060. The fourth-order valence-electron chi connectivity index (χ4n) is 2.57. The highest BCUT2D eigenvalue weighted by Crippen LogP contribution is 2.22. The highest BCUT2D eigenvalue weighted by molar-refractivity contribution is 6.31. The minimum Gasteiger partial charge on any atom is -0.287 e. The Morgan fingerprint density at radius 2 is 1.93 bits per heavy atom. The van der Waals surface area contributed by atoms with Crippen molar-refractivity contribution >= 4 is 28.6 Å². The lowest BCUT2D eigenvalue weighted by atomic mass is 10.1. The van der Waals surface area contributed by atoms with E-state index in [-0.39, 0.29) is 5.78 Å². The zero-order valence-electron chi connectivity index (χ0n) is 17.2. The van der Waals surface area contributed by atoms with Crippen molar-refractivity contribution in [2.75, 3.05) is 0 Å². The van der Waals surface area contributed by atoms with Gasteiger partial charge in [0.1, 0.15) is 5.69 Å². The lowest BCUT2D eigenvalue weighted by Gasteiger charge is -2.06. The van der Waals surface area contributed by atoms with E-state index in [0.717, 1.165) is 16.8 Å². The maximum absolute atomic E-state index is 12.8. The number of ketones is 1. The standard InChI is InChI=1S/C20H17ClN4O.C3H8/c1-4-5-15(10-14(3)21)18-8-9-22-20-16(12-24-25(18)20)19(26)17-7-6-13(2)11-23-17;1-3-2/h4-12H,3H2,1-2H3;3H2,1-2H3/b5-4-,15-10+;. The van der Waals surface area contributed by atoms with Gasteiger partial charge in [0.15, 0.2) is 5.65 Å². The zero-order valence-corrected chi connectivity index (χ0v) is 17.9. The summed E-state index contributed by atoms with van der Waals surface area (Å²) >= 11 is 5.95. The molecule has 5 nitrogen and oxygen atoms in total. The van der Waals surface area contributed by atoms with Crippen LogP contribution in [-0.4, -0.2) is 25.4 Å². The van der Waals surface area contributed by atoms with Crippen LogP contribution in [0.1, 0.15) is 54.5 Å². The Hall–Kier alpha value is -3.05. The van der Waals surface area contributed by atoms with E-state index in [9.17, 15) is 4.79 Å². The monoisotopic (exact) mass is 408 g/mol. The van der Waals surface area contributed by atoms with E-state index in [2.05, 4.69) is 35.5 Å². The van der Waals surface area contributed by atoms with Gasteiger partial charge in [-0.2, -0.15) is 5.10 Å². The summed E-state index contributed by atoms with van der Waals surface area (Å²) in [6.07, 6.45) is 11.6. The van der Waals surface area contributed by atoms with E-state index in [1.807, 2.05) is 38.1 Å². The van der Waals surface area contributed by atoms with Crippen LogP contribution < -0.4 is 0 Å². The molecule has 0 saturated heterocycles. The molecular weight excluding hydrogens is 384 g/mol. The largest absolute Gasteiger partial charge is 0.287 e. The summed E-state index contributed by atoms with van der Waals surface area (Å²) in [5, 5.41) is 4.75. The van der Waals surface area contributed by atoms with Crippen molar-refractivity contribution in [3.63, 3.8) is 0 Å². The van der Waals surface area contributed by atoms with Gasteiger partial charge >= 0.3 is 0 Å². The quantitative estimate of drug-likeness (QED) is 0.396. The average molecular weight is 409 g/mol. The molecule has 150 valence electrons. The van der Waals surface area contributed by atoms with Gasteiger partial charge in [-0.05, 0) is 37.6 Å². The van der Waals surface area contributed by atoms with E-state index >= 15 is 0 Å². The first-order valence-electron chi connectivity index (χ1n) is 9.42. The third kappa shape index (κ3) is 5.48. The van der Waals surface area contributed by atoms with Gasteiger partial charge in [-0.25, -0.2) is 9.50 Å². The molecule has 0 fully saturated rings. The summed E-state index contributed by atoms with van der Waals surface area (Å²) in [5.74, 6) is -0.219. The average Bonchev–Trinajstić information content (AvgIpc) is 3.12. The molecular formula is C23H25ClN4O. The van der Waals surface area contributed by atoms with Crippen LogP contribution in [-0.2, 0) is 0 Å². The van der Waals surface area contributed by atoms with Gasteiger partial charge in [0.2, 0.25) is 5.78 Å². The highest BCUT2D eigenvalue weighted by Gasteiger charge is 2.18. The second kappa shape index (κ2) is 10.5. The third-order valence-corrected chi connectivity index (χ3v) is 3.85. The van der Waals surface area contributed by atoms with E-state index in [0.29, 0.717) is 21.9 Å². The fourth-order valence-corrected chi connectivity index (χ4v) is 2.68. The maximum atomic E-state index is 12.8. The number of hydrogen-bond donors (Lipinski definition) is 0. The molecule has 3 aromatic heterocycles. The lowest BCUT2D eigenvalue weighted by Crippen LogP contribution is -2.05. The highest BCUT2D eigenvalue weighted by atomic mass is 35.5. The number of aryl methyl sites for hydroxylation is 1. The number of allylic oxidation sites excluding steroid dienone is 5. The van der Waals surface area contributed by atoms with Crippen LogP contribution >= 0.6 is 11.6 Å². The van der Waals surface area contributed by atoms with Crippen LogP contribution in [0.2, 0.25) is 0 Å². The van der Waals surface area contributed by atoms with Crippen molar-refractivity contribution < 1.29 is 4.79 Å². The minimum absolute atomic E-state index is 0.219. The molecule has 0 spiro atoms. The van der Waals surface area contributed by atoms with E-state index < -0.39 is 0 Å². The van der Waals surface area contributed by atoms with Gasteiger partial charge in [0, 0.05) is 23.0 Å².